The van der Waals surface area contributed by atoms with Crippen molar-refractivity contribution in [1.82, 2.24) is 4.90 Å². The number of benzene rings is 2. The van der Waals surface area contributed by atoms with Gasteiger partial charge in [-0.05, 0) is 29.8 Å². The molecule has 5 nitrogen and oxygen atoms in total. The van der Waals surface area contributed by atoms with Gasteiger partial charge in [0.15, 0.2) is 0 Å². The SMILES string of the molecule is CC(=O)N(Cc1ccccc1)[C@H]1CC(=O)N(c2ccc(Br)cc2)C1=O. The highest BCUT2D eigenvalue weighted by molar-refractivity contribution is 9.10. The number of carbonyl (C=O) groups is 3. The Balaban J connectivity index is 1.86. The maximum Gasteiger partial charge on any atom is 0.257 e. The first kappa shape index (κ1) is 17.4. The maximum absolute atomic E-state index is 12.8. The molecule has 25 heavy (non-hydrogen) atoms. The lowest BCUT2D eigenvalue weighted by molar-refractivity contribution is -0.137. The van der Waals surface area contributed by atoms with Gasteiger partial charge in [-0.15, -0.1) is 0 Å². The Labute approximate surface area is 154 Å². The smallest absolute Gasteiger partial charge is 0.257 e. The Bertz CT molecular complexity index is 805. The lowest BCUT2D eigenvalue weighted by atomic mass is 10.1. The summed E-state index contributed by atoms with van der Waals surface area (Å²) in [5.74, 6) is -0.886. The summed E-state index contributed by atoms with van der Waals surface area (Å²) >= 11 is 3.33. The van der Waals surface area contributed by atoms with Crippen LogP contribution in [-0.4, -0.2) is 28.7 Å². The molecule has 1 aliphatic heterocycles. The average molecular weight is 401 g/mol. The van der Waals surface area contributed by atoms with Crippen LogP contribution in [0.15, 0.2) is 59.1 Å². The van der Waals surface area contributed by atoms with Crippen molar-refractivity contribution in [3.63, 3.8) is 0 Å². The maximum atomic E-state index is 12.8. The number of anilines is 1. The number of hydrogen-bond acceptors (Lipinski definition) is 3. The largest absolute Gasteiger partial charge is 0.326 e. The van der Waals surface area contributed by atoms with Crippen molar-refractivity contribution in [2.45, 2.75) is 25.9 Å². The van der Waals surface area contributed by atoms with E-state index in [2.05, 4.69) is 15.9 Å². The fourth-order valence-corrected chi connectivity index (χ4v) is 3.21. The van der Waals surface area contributed by atoms with E-state index in [-0.39, 0.29) is 24.1 Å². The summed E-state index contributed by atoms with van der Waals surface area (Å²) in [7, 11) is 0. The molecule has 0 radical (unpaired) electrons. The van der Waals surface area contributed by atoms with Crippen molar-refractivity contribution in [2.24, 2.45) is 0 Å². The summed E-state index contributed by atoms with van der Waals surface area (Å²) in [6, 6.07) is 15.6. The first-order chi connectivity index (χ1) is 12.0. The monoisotopic (exact) mass is 400 g/mol. The Hall–Kier alpha value is -2.47. The zero-order valence-electron chi connectivity index (χ0n) is 13.7. The molecule has 0 unspecified atom stereocenters. The van der Waals surface area contributed by atoms with Crippen LogP contribution in [0.1, 0.15) is 18.9 Å². The minimum Gasteiger partial charge on any atom is -0.326 e. The van der Waals surface area contributed by atoms with E-state index < -0.39 is 6.04 Å². The number of amides is 3. The minimum atomic E-state index is -0.770. The summed E-state index contributed by atoms with van der Waals surface area (Å²) in [5.41, 5.74) is 1.43. The van der Waals surface area contributed by atoms with Gasteiger partial charge >= 0.3 is 0 Å². The second kappa shape index (κ2) is 7.19. The first-order valence-electron chi connectivity index (χ1n) is 7.91. The Kier molecular flexibility index (Phi) is 4.99. The minimum absolute atomic E-state index is 0.00130. The van der Waals surface area contributed by atoms with Crippen molar-refractivity contribution in [3.05, 3.63) is 64.6 Å². The lowest BCUT2D eigenvalue weighted by Gasteiger charge is -2.26. The van der Waals surface area contributed by atoms with Gasteiger partial charge in [0, 0.05) is 17.9 Å². The molecule has 128 valence electrons. The molecule has 1 atom stereocenters. The third kappa shape index (κ3) is 3.64. The standard InChI is InChI=1S/C19H17BrN2O3/c1-13(23)21(12-14-5-3-2-4-6-14)17-11-18(24)22(19(17)25)16-9-7-15(20)8-10-16/h2-10,17H,11-12H2,1H3/t17-/m0/s1. The fraction of sp³-hybridized carbons (Fsp3) is 0.211. The molecule has 2 aromatic carbocycles. The van der Waals surface area contributed by atoms with Crippen LogP contribution in [0.5, 0.6) is 0 Å². The molecule has 0 aromatic heterocycles. The number of rotatable bonds is 4. The third-order valence-corrected chi connectivity index (χ3v) is 4.71. The van der Waals surface area contributed by atoms with Gasteiger partial charge in [-0.25, -0.2) is 4.90 Å². The van der Waals surface area contributed by atoms with Crippen LogP contribution in [0.25, 0.3) is 0 Å². The van der Waals surface area contributed by atoms with E-state index in [1.54, 1.807) is 24.3 Å². The van der Waals surface area contributed by atoms with Crippen LogP contribution in [-0.2, 0) is 20.9 Å². The van der Waals surface area contributed by atoms with Crippen molar-refractivity contribution < 1.29 is 14.4 Å². The molecular weight excluding hydrogens is 384 g/mol. The van der Waals surface area contributed by atoms with E-state index in [1.165, 1.54) is 11.8 Å². The molecular formula is C19H17BrN2O3. The highest BCUT2D eigenvalue weighted by atomic mass is 79.9. The van der Waals surface area contributed by atoms with Crippen LogP contribution < -0.4 is 4.90 Å². The molecule has 1 aliphatic rings. The van der Waals surface area contributed by atoms with E-state index in [0.29, 0.717) is 12.2 Å². The molecule has 3 rings (SSSR count). The van der Waals surface area contributed by atoms with Crippen LogP contribution in [0.3, 0.4) is 0 Å². The third-order valence-electron chi connectivity index (χ3n) is 4.18. The summed E-state index contributed by atoms with van der Waals surface area (Å²) in [6.45, 7) is 1.72. The zero-order valence-corrected chi connectivity index (χ0v) is 15.3. The summed E-state index contributed by atoms with van der Waals surface area (Å²) in [5, 5.41) is 0. The molecule has 2 aromatic rings. The molecule has 0 N–H and O–H groups in total. The Morgan fingerprint density at radius 2 is 1.76 bits per heavy atom. The second-order valence-corrected chi connectivity index (χ2v) is 6.81. The van der Waals surface area contributed by atoms with E-state index in [0.717, 1.165) is 14.9 Å². The van der Waals surface area contributed by atoms with Crippen LogP contribution in [0, 0.1) is 0 Å². The highest BCUT2D eigenvalue weighted by Crippen LogP contribution is 2.27. The number of imide groups is 1. The van der Waals surface area contributed by atoms with Gasteiger partial charge in [-0.3, -0.25) is 14.4 Å². The van der Waals surface area contributed by atoms with Crippen molar-refractivity contribution >= 4 is 39.3 Å². The predicted molar refractivity (Wildman–Crippen MR) is 97.7 cm³/mol. The van der Waals surface area contributed by atoms with Gasteiger partial charge in [0.25, 0.3) is 5.91 Å². The van der Waals surface area contributed by atoms with Crippen molar-refractivity contribution in [2.75, 3.05) is 4.90 Å². The summed E-state index contributed by atoms with van der Waals surface area (Å²) < 4.78 is 0.862. The van der Waals surface area contributed by atoms with E-state index in [4.69, 9.17) is 0 Å². The Morgan fingerprint density at radius 3 is 2.36 bits per heavy atom. The molecule has 0 bridgehead atoms. The topological polar surface area (TPSA) is 57.7 Å². The van der Waals surface area contributed by atoms with Gasteiger partial charge in [0.2, 0.25) is 11.8 Å². The number of hydrogen-bond donors (Lipinski definition) is 0. The molecule has 3 amide bonds. The fourth-order valence-electron chi connectivity index (χ4n) is 2.94. The molecule has 0 aliphatic carbocycles. The normalized spacial score (nSPS) is 17.0. The molecule has 6 heteroatoms. The lowest BCUT2D eigenvalue weighted by Crippen LogP contribution is -2.44. The predicted octanol–water partition coefficient (Wildman–Crippen LogP) is 3.13. The number of nitrogens with zero attached hydrogens (tertiary/aromatic N) is 2. The highest BCUT2D eigenvalue weighted by Gasteiger charge is 2.43. The second-order valence-electron chi connectivity index (χ2n) is 5.90. The van der Waals surface area contributed by atoms with Gasteiger partial charge in [0.05, 0.1) is 12.1 Å². The van der Waals surface area contributed by atoms with Crippen LogP contribution >= 0.6 is 15.9 Å². The molecule has 0 saturated carbocycles. The number of halogens is 1. The molecule has 0 spiro atoms. The zero-order chi connectivity index (χ0) is 18.0. The van der Waals surface area contributed by atoms with Gasteiger partial charge in [0.1, 0.15) is 6.04 Å². The van der Waals surface area contributed by atoms with Crippen molar-refractivity contribution in [3.8, 4) is 0 Å². The van der Waals surface area contributed by atoms with Gasteiger partial charge in [-0.1, -0.05) is 46.3 Å². The molecule has 1 saturated heterocycles. The summed E-state index contributed by atoms with van der Waals surface area (Å²) in [4.78, 5) is 40.0. The van der Waals surface area contributed by atoms with E-state index >= 15 is 0 Å². The first-order valence-corrected chi connectivity index (χ1v) is 8.70. The average Bonchev–Trinajstić information content (AvgIpc) is 2.89. The van der Waals surface area contributed by atoms with Crippen molar-refractivity contribution in [1.29, 1.82) is 0 Å². The van der Waals surface area contributed by atoms with Gasteiger partial charge in [-0.2, -0.15) is 0 Å². The molecule has 1 heterocycles. The van der Waals surface area contributed by atoms with Gasteiger partial charge < -0.3 is 4.90 Å². The quantitative estimate of drug-likeness (QED) is 0.740. The van der Waals surface area contributed by atoms with Crippen LogP contribution in [0.4, 0.5) is 5.69 Å². The summed E-state index contributed by atoms with van der Waals surface area (Å²) in [6.07, 6.45) is 0.00130. The van der Waals surface area contributed by atoms with E-state index in [1.807, 2.05) is 30.3 Å². The van der Waals surface area contributed by atoms with E-state index in [9.17, 15) is 14.4 Å². The number of carbonyl (C=O) groups excluding carboxylic acids is 3. The van der Waals surface area contributed by atoms with Crippen LogP contribution in [0.2, 0.25) is 0 Å². The molecule has 1 fully saturated rings. The Morgan fingerprint density at radius 1 is 1.12 bits per heavy atom.